The van der Waals surface area contributed by atoms with E-state index in [1.54, 1.807) is 18.2 Å². The van der Waals surface area contributed by atoms with E-state index in [-0.39, 0.29) is 5.91 Å². The van der Waals surface area contributed by atoms with Crippen LogP contribution in [-0.2, 0) is 4.79 Å². The number of amides is 1. The molecule has 0 heterocycles. The van der Waals surface area contributed by atoms with Crippen LogP contribution < -0.4 is 5.32 Å². The minimum absolute atomic E-state index is 0.141. The molecule has 0 bridgehead atoms. The summed E-state index contributed by atoms with van der Waals surface area (Å²) in [7, 11) is 0. The highest BCUT2D eigenvalue weighted by atomic mass is 35.5. The van der Waals surface area contributed by atoms with Crippen molar-refractivity contribution in [2.75, 3.05) is 6.54 Å². The number of hydrogen-bond donors (Lipinski definition) is 2. The van der Waals surface area contributed by atoms with Crippen LogP contribution in [0.25, 0.3) is 6.08 Å². The Kier molecular flexibility index (Phi) is 5.39. The van der Waals surface area contributed by atoms with Crippen molar-refractivity contribution in [1.29, 1.82) is 0 Å². The maximum atomic E-state index is 12.0. The smallest absolute Gasteiger partial charge is 0.328 e. The Morgan fingerprint density at radius 1 is 1.33 bits per heavy atom. The molecule has 21 heavy (non-hydrogen) atoms. The molecule has 2 N–H and O–H groups in total. The van der Waals surface area contributed by atoms with Gasteiger partial charge in [-0.1, -0.05) is 30.5 Å². The molecule has 0 radical (unpaired) electrons. The first-order valence-electron chi connectivity index (χ1n) is 7.05. The third-order valence-electron chi connectivity index (χ3n) is 3.69. The van der Waals surface area contributed by atoms with E-state index in [2.05, 4.69) is 5.32 Å². The number of carboxylic acid groups (broad SMARTS) is 1. The average molecular weight is 308 g/mol. The monoisotopic (exact) mass is 307 g/mol. The molecule has 1 amide bonds. The van der Waals surface area contributed by atoms with Crippen molar-refractivity contribution in [2.24, 2.45) is 5.92 Å². The van der Waals surface area contributed by atoms with E-state index in [1.807, 2.05) is 0 Å². The van der Waals surface area contributed by atoms with Gasteiger partial charge in [0.2, 0.25) is 0 Å². The standard InChI is InChI=1S/C16H18ClNO3/c17-14-9-13(6-5-12(14)7-8-15(19)20)16(21)18-10-11-3-1-2-4-11/h5-9,11H,1-4,10H2,(H,18,21)(H,19,20)/b8-7+. The van der Waals surface area contributed by atoms with Crippen LogP contribution in [-0.4, -0.2) is 23.5 Å². The number of benzene rings is 1. The molecule has 5 heteroatoms. The van der Waals surface area contributed by atoms with E-state index < -0.39 is 5.97 Å². The largest absolute Gasteiger partial charge is 0.478 e. The van der Waals surface area contributed by atoms with Crippen LogP contribution in [0, 0.1) is 5.92 Å². The Bertz CT molecular complexity index is 563. The maximum absolute atomic E-state index is 12.0. The summed E-state index contributed by atoms with van der Waals surface area (Å²) in [4.78, 5) is 22.5. The molecule has 0 aromatic heterocycles. The number of nitrogens with one attached hydrogen (secondary N) is 1. The molecule has 0 unspecified atom stereocenters. The summed E-state index contributed by atoms with van der Waals surface area (Å²) < 4.78 is 0. The fraction of sp³-hybridized carbons (Fsp3) is 0.375. The van der Waals surface area contributed by atoms with Gasteiger partial charge in [-0.15, -0.1) is 0 Å². The SMILES string of the molecule is O=C(O)/C=C/c1ccc(C(=O)NCC2CCCC2)cc1Cl. The fourth-order valence-electron chi connectivity index (χ4n) is 2.52. The molecule has 0 saturated heterocycles. The van der Waals surface area contributed by atoms with Gasteiger partial charge in [-0.2, -0.15) is 0 Å². The molecule has 1 aliphatic rings. The van der Waals surface area contributed by atoms with Crippen LogP contribution >= 0.6 is 11.6 Å². The zero-order valence-corrected chi connectivity index (χ0v) is 12.4. The van der Waals surface area contributed by atoms with Crippen molar-refractivity contribution in [2.45, 2.75) is 25.7 Å². The molecule has 0 spiro atoms. The molecule has 2 rings (SSSR count). The van der Waals surface area contributed by atoms with Crippen LogP contribution in [0.4, 0.5) is 0 Å². The van der Waals surface area contributed by atoms with E-state index >= 15 is 0 Å². The van der Waals surface area contributed by atoms with Gasteiger partial charge in [-0.25, -0.2) is 4.79 Å². The number of aliphatic carboxylic acids is 1. The molecule has 1 fully saturated rings. The predicted octanol–water partition coefficient (Wildman–Crippen LogP) is 3.36. The van der Waals surface area contributed by atoms with E-state index in [0.717, 1.165) is 6.08 Å². The summed E-state index contributed by atoms with van der Waals surface area (Å²) in [6, 6.07) is 4.86. The van der Waals surface area contributed by atoms with Crippen molar-refractivity contribution in [3.8, 4) is 0 Å². The molecule has 4 nitrogen and oxygen atoms in total. The second kappa shape index (κ2) is 7.27. The maximum Gasteiger partial charge on any atom is 0.328 e. The lowest BCUT2D eigenvalue weighted by atomic mass is 10.1. The minimum Gasteiger partial charge on any atom is -0.478 e. The van der Waals surface area contributed by atoms with Gasteiger partial charge in [-0.3, -0.25) is 4.79 Å². The zero-order valence-electron chi connectivity index (χ0n) is 11.6. The fourth-order valence-corrected chi connectivity index (χ4v) is 2.76. The summed E-state index contributed by atoms with van der Waals surface area (Å²) in [6.07, 6.45) is 7.28. The third-order valence-corrected chi connectivity index (χ3v) is 4.02. The minimum atomic E-state index is -1.04. The van der Waals surface area contributed by atoms with E-state index in [4.69, 9.17) is 16.7 Å². The van der Waals surface area contributed by atoms with Gasteiger partial charge in [0.05, 0.1) is 0 Å². The molecule has 0 atom stereocenters. The lowest BCUT2D eigenvalue weighted by Crippen LogP contribution is -2.28. The molecule has 1 saturated carbocycles. The summed E-state index contributed by atoms with van der Waals surface area (Å²) >= 11 is 6.06. The normalized spacial score (nSPS) is 15.5. The Morgan fingerprint density at radius 2 is 2.05 bits per heavy atom. The lowest BCUT2D eigenvalue weighted by Gasteiger charge is -2.11. The highest BCUT2D eigenvalue weighted by Crippen LogP contribution is 2.24. The van der Waals surface area contributed by atoms with Crippen molar-refractivity contribution < 1.29 is 14.7 Å². The van der Waals surface area contributed by atoms with E-state index in [1.165, 1.54) is 31.8 Å². The van der Waals surface area contributed by atoms with Gasteiger partial charge >= 0.3 is 5.97 Å². The predicted molar refractivity (Wildman–Crippen MR) is 82.4 cm³/mol. The molecular weight excluding hydrogens is 290 g/mol. The quantitative estimate of drug-likeness (QED) is 0.820. The summed E-state index contributed by atoms with van der Waals surface area (Å²) in [5, 5.41) is 11.9. The highest BCUT2D eigenvalue weighted by Gasteiger charge is 2.16. The van der Waals surface area contributed by atoms with Gasteiger partial charge in [-0.05, 0) is 42.5 Å². The Balaban J connectivity index is 1.98. The molecule has 1 aromatic carbocycles. The van der Waals surface area contributed by atoms with Crippen molar-refractivity contribution in [1.82, 2.24) is 5.32 Å². The molecule has 1 aliphatic carbocycles. The van der Waals surface area contributed by atoms with Crippen molar-refractivity contribution >= 4 is 29.6 Å². The number of carboxylic acids is 1. The van der Waals surface area contributed by atoms with E-state index in [9.17, 15) is 9.59 Å². The van der Waals surface area contributed by atoms with Gasteiger partial charge in [0.1, 0.15) is 0 Å². The topological polar surface area (TPSA) is 66.4 Å². The van der Waals surface area contributed by atoms with Crippen molar-refractivity contribution in [3.05, 3.63) is 40.4 Å². The van der Waals surface area contributed by atoms with Crippen LogP contribution in [0.15, 0.2) is 24.3 Å². The first-order valence-corrected chi connectivity index (χ1v) is 7.43. The number of halogens is 1. The lowest BCUT2D eigenvalue weighted by molar-refractivity contribution is -0.131. The summed E-state index contributed by atoms with van der Waals surface area (Å²) in [5.74, 6) is -0.593. The van der Waals surface area contributed by atoms with Gasteiger partial charge in [0.25, 0.3) is 5.91 Å². The molecule has 0 aliphatic heterocycles. The second-order valence-corrected chi connectivity index (χ2v) is 5.68. The highest BCUT2D eigenvalue weighted by molar-refractivity contribution is 6.32. The van der Waals surface area contributed by atoms with Gasteiger partial charge < -0.3 is 10.4 Å². The van der Waals surface area contributed by atoms with Crippen LogP contribution in [0.1, 0.15) is 41.6 Å². The zero-order chi connectivity index (χ0) is 15.2. The average Bonchev–Trinajstić information content (AvgIpc) is 2.96. The first-order chi connectivity index (χ1) is 10.1. The van der Waals surface area contributed by atoms with Crippen LogP contribution in [0.5, 0.6) is 0 Å². The number of carbonyl (C=O) groups is 2. The molecular formula is C16H18ClNO3. The number of hydrogen-bond acceptors (Lipinski definition) is 2. The Morgan fingerprint density at radius 3 is 2.67 bits per heavy atom. The van der Waals surface area contributed by atoms with Gasteiger partial charge in [0, 0.05) is 23.2 Å². The summed E-state index contributed by atoms with van der Waals surface area (Å²) in [6.45, 7) is 0.705. The number of carbonyl (C=O) groups excluding carboxylic acids is 1. The Hall–Kier alpha value is -1.81. The van der Waals surface area contributed by atoms with Crippen molar-refractivity contribution in [3.63, 3.8) is 0 Å². The van der Waals surface area contributed by atoms with Crippen LogP contribution in [0.2, 0.25) is 5.02 Å². The number of rotatable bonds is 5. The van der Waals surface area contributed by atoms with Gasteiger partial charge in [0.15, 0.2) is 0 Å². The van der Waals surface area contributed by atoms with E-state index in [0.29, 0.717) is 28.6 Å². The first kappa shape index (κ1) is 15.6. The molecule has 1 aromatic rings. The Labute approximate surface area is 128 Å². The third kappa shape index (κ3) is 4.60. The summed E-state index contributed by atoms with van der Waals surface area (Å²) in [5.41, 5.74) is 1.07. The molecule has 112 valence electrons. The van der Waals surface area contributed by atoms with Crippen LogP contribution in [0.3, 0.4) is 0 Å². The second-order valence-electron chi connectivity index (χ2n) is 5.27.